The van der Waals surface area contributed by atoms with Crippen LogP contribution in [0.15, 0.2) is 36.7 Å². The van der Waals surface area contributed by atoms with Crippen LogP contribution in [0.5, 0.6) is 0 Å². The maximum Gasteiger partial charge on any atom is 0.0718 e. The van der Waals surface area contributed by atoms with Crippen molar-refractivity contribution < 1.29 is 0 Å². The number of benzene rings is 1. The molecule has 0 saturated carbocycles. The summed E-state index contributed by atoms with van der Waals surface area (Å²) in [5.41, 5.74) is 3.56. The van der Waals surface area contributed by atoms with E-state index in [1.165, 1.54) is 11.1 Å². The smallest absolute Gasteiger partial charge is 0.0718 e. The Morgan fingerprint density at radius 2 is 2.38 bits per heavy atom. The summed E-state index contributed by atoms with van der Waals surface area (Å²) in [7, 11) is 0. The van der Waals surface area contributed by atoms with E-state index in [1.54, 1.807) is 6.20 Å². The van der Waals surface area contributed by atoms with E-state index in [0.717, 1.165) is 18.5 Å². The van der Waals surface area contributed by atoms with E-state index in [1.807, 2.05) is 23.0 Å². The summed E-state index contributed by atoms with van der Waals surface area (Å²) in [6.45, 7) is 0. The SMILES string of the molecule is N#CC1CCc2cc(-n3cccn3)ccc21. The third kappa shape index (κ3) is 1.31. The summed E-state index contributed by atoms with van der Waals surface area (Å²) >= 11 is 0. The molecule has 1 aromatic heterocycles. The molecule has 0 radical (unpaired) electrons. The van der Waals surface area contributed by atoms with Gasteiger partial charge >= 0.3 is 0 Å². The Morgan fingerprint density at radius 3 is 3.12 bits per heavy atom. The average molecular weight is 209 g/mol. The number of aromatic nitrogens is 2. The van der Waals surface area contributed by atoms with Crippen LogP contribution in [0.3, 0.4) is 0 Å². The first kappa shape index (κ1) is 9.17. The second-order valence-corrected chi connectivity index (χ2v) is 4.05. The van der Waals surface area contributed by atoms with Crippen LogP contribution < -0.4 is 0 Å². The molecule has 2 aromatic rings. The Morgan fingerprint density at radius 1 is 1.44 bits per heavy atom. The van der Waals surface area contributed by atoms with E-state index in [9.17, 15) is 0 Å². The van der Waals surface area contributed by atoms with Crippen molar-refractivity contribution in [1.29, 1.82) is 5.26 Å². The molecule has 0 amide bonds. The van der Waals surface area contributed by atoms with Gasteiger partial charge in [0.1, 0.15) is 0 Å². The molecule has 3 nitrogen and oxygen atoms in total. The molecule has 0 spiro atoms. The maximum absolute atomic E-state index is 9.00. The minimum absolute atomic E-state index is 0.0849. The van der Waals surface area contributed by atoms with Gasteiger partial charge in [-0.3, -0.25) is 0 Å². The third-order valence-corrected chi connectivity index (χ3v) is 3.13. The van der Waals surface area contributed by atoms with Gasteiger partial charge in [-0.2, -0.15) is 10.4 Å². The van der Waals surface area contributed by atoms with Crippen molar-refractivity contribution in [3.63, 3.8) is 0 Å². The van der Waals surface area contributed by atoms with Crippen molar-refractivity contribution >= 4 is 0 Å². The van der Waals surface area contributed by atoms with Crippen LogP contribution in [-0.2, 0) is 6.42 Å². The number of hydrogen-bond donors (Lipinski definition) is 0. The number of nitriles is 1. The Balaban J connectivity index is 2.06. The van der Waals surface area contributed by atoms with Crippen LogP contribution in [-0.4, -0.2) is 9.78 Å². The van der Waals surface area contributed by atoms with Crippen LogP contribution in [0.25, 0.3) is 5.69 Å². The van der Waals surface area contributed by atoms with Gasteiger partial charge < -0.3 is 0 Å². The number of rotatable bonds is 1. The lowest BCUT2D eigenvalue weighted by molar-refractivity contribution is 0.825. The van der Waals surface area contributed by atoms with Crippen molar-refractivity contribution in [3.05, 3.63) is 47.8 Å². The first-order chi connectivity index (χ1) is 7.88. The predicted molar refractivity (Wildman–Crippen MR) is 60.2 cm³/mol. The largest absolute Gasteiger partial charge is 0.241 e. The van der Waals surface area contributed by atoms with Gasteiger partial charge in [0.15, 0.2) is 0 Å². The molecule has 0 saturated heterocycles. The summed E-state index contributed by atoms with van der Waals surface area (Å²) in [6.07, 6.45) is 5.65. The molecule has 1 aliphatic rings. The van der Waals surface area contributed by atoms with Gasteiger partial charge in [-0.05, 0) is 42.2 Å². The highest BCUT2D eigenvalue weighted by atomic mass is 15.3. The molecule has 1 aliphatic carbocycles. The number of fused-ring (bicyclic) bond motifs is 1. The summed E-state index contributed by atoms with van der Waals surface area (Å²) in [4.78, 5) is 0. The first-order valence-corrected chi connectivity index (χ1v) is 5.41. The fraction of sp³-hybridized carbons (Fsp3) is 0.231. The first-order valence-electron chi connectivity index (χ1n) is 5.41. The molecule has 1 unspecified atom stereocenters. The van der Waals surface area contributed by atoms with Crippen LogP contribution in [0.4, 0.5) is 0 Å². The van der Waals surface area contributed by atoms with Crippen LogP contribution in [0.2, 0.25) is 0 Å². The van der Waals surface area contributed by atoms with Gasteiger partial charge in [0.05, 0.1) is 17.7 Å². The lowest BCUT2D eigenvalue weighted by Crippen LogP contribution is -1.96. The topological polar surface area (TPSA) is 41.6 Å². The molecule has 1 heterocycles. The molecule has 0 fully saturated rings. The Bertz CT molecular complexity index is 549. The standard InChI is InChI=1S/C13H11N3/c14-9-11-3-2-10-8-12(4-5-13(10)11)16-7-1-6-15-16/h1,4-8,11H,2-3H2. The minimum atomic E-state index is 0.0849. The van der Waals surface area contributed by atoms with E-state index in [-0.39, 0.29) is 5.92 Å². The number of nitrogens with zero attached hydrogens (tertiary/aromatic N) is 3. The lowest BCUT2D eigenvalue weighted by Gasteiger charge is -2.05. The monoisotopic (exact) mass is 209 g/mol. The van der Waals surface area contributed by atoms with Gasteiger partial charge in [-0.1, -0.05) is 6.07 Å². The van der Waals surface area contributed by atoms with Crippen molar-refractivity contribution in [2.24, 2.45) is 0 Å². The van der Waals surface area contributed by atoms with Crippen molar-refractivity contribution in [2.45, 2.75) is 18.8 Å². The number of hydrogen-bond acceptors (Lipinski definition) is 2. The van der Waals surface area contributed by atoms with Crippen molar-refractivity contribution in [2.75, 3.05) is 0 Å². The molecule has 1 atom stereocenters. The van der Waals surface area contributed by atoms with Gasteiger partial charge in [-0.25, -0.2) is 4.68 Å². The molecule has 3 rings (SSSR count). The Labute approximate surface area is 93.9 Å². The molecule has 16 heavy (non-hydrogen) atoms. The fourth-order valence-corrected chi connectivity index (χ4v) is 2.30. The van der Waals surface area contributed by atoms with Crippen molar-refractivity contribution in [3.8, 4) is 11.8 Å². The fourth-order valence-electron chi connectivity index (χ4n) is 2.30. The highest BCUT2D eigenvalue weighted by molar-refractivity contribution is 5.46. The second-order valence-electron chi connectivity index (χ2n) is 4.05. The molecule has 78 valence electrons. The van der Waals surface area contributed by atoms with Gasteiger partial charge in [-0.15, -0.1) is 0 Å². The predicted octanol–water partition coefficient (Wildman–Crippen LogP) is 2.43. The number of aryl methyl sites for hydroxylation is 1. The lowest BCUT2D eigenvalue weighted by atomic mass is 10.0. The van der Waals surface area contributed by atoms with E-state index in [0.29, 0.717) is 0 Å². The molecule has 3 heteroatoms. The minimum Gasteiger partial charge on any atom is -0.241 e. The van der Waals surface area contributed by atoms with E-state index in [4.69, 9.17) is 5.26 Å². The normalized spacial score (nSPS) is 18.1. The molecular formula is C13H11N3. The van der Waals surface area contributed by atoms with Crippen molar-refractivity contribution in [1.82, 2.24) is 9.78 Å². The van der Waals surface area contributed by atoms with E-state index in [2.05, 4.69) is 23.3 Å². The van der Waals surface area contributed by atoms with Crippen LogP contribution in [0.1, 0.15) is 23.5 Å². The van der Waals surface area contributed by atoms with Gasteiger partial charge in [0, 0.05) is 12.4 Å². The maximum atomic E-state index is 9.00. The highest BCUT2D eigenvalue weighted by Crippen LogP contribution is 2.33. The zero-order valence-electron chi connectivity index (χ0n) is 8.80. The molecule has 0 aliphatic heterocycles. The highest BCUT2D eigenvalue weighted by Gasteiger charge is 2.22. The third-order valence-electron chi connectivity index (χ3n) is 3.13. The van der Waals surface area contributed by atoms with E-state index >= 15 is 0 Å². The van der Waals surface area contributed by atoms with E-state index < -0.39 is 0 Å². The van der Waals surface area contributed by atoms with Crippen LogP contribution >= 0.6 is 0 Å². The van der Waals surface area contributed by atoms with Crippen LogP contribution in [0, 0.1) is 11.3 Å². The van der Waals surface area contributed by atoms with Gasteiger partial charge in [0.25, 0.3) is 0 Å². The summed E-state index contributed by atoms with van der Waals surface area (Å²) < 4.78 is 1.85. The zero-order valence-corrected chi connectivity index (χ0v) is 8.80. The Hall–Kier alpha value is -2.08. The average Bonchev–Trinajstić information content (AvgIpc) is 2.97. The Kier molecular flexibility index (Phi) is 2.00. The molecule has 0 bridgehead atoms. The zero-order chi connectivity index (χ0) is 11.0. The quantitative estimate of drug-likeness (QED) is 0.723. The summed E-state index contributed by atoms with van der Waals surface area (Å²) in [6, 6.07) is 10.5. The second kappa shape index (κ2) is 3.49. The van der Waals surface area contributed by atoms with Gasteiger partial charge in [0.2, 0.25) is 0 Å². The summed E-state index contributed by atoms with van der Waals surface area (Å²) in [5.74, 6) is 0.0849. The molecule has 0 N–H and O–H groups in total. The molecular weight excluding hydrogens is 198 g/mol. The molecule has 1 aromatic carbocycles. The summed E-state index contributed by atoms with van der Waals surface area (Å²) in [5, 5.41) is 13.2.